The molecule has 0 saturated heterocycles. The number of rotatable bonds is 5. The fourth-order valence-corrected chi connectivity index (χ4v) is 2.49. The minimum absolute atomic E-state index is 0.0516. The predicted molar refractivity (Wildman–Crippen MR) is 86.6 cm³/mol. The van der Waals surface area contributed by atoms with Gasteiger partial charge in [-0.2, -0.15) is 0 Å². The van der Waals surface area contributed by atoms with Crippen molar-refractivity contribution < 1.29 is 13.6 Å². The average molecular weight is 339 g/mol. The molecule has 2 aromatic carbocycles. The summed E-state index contributed by atoms with van der Waals surface area (Å²) in [5, 5.41) is 2.59. The summed E-state index contributed by atoms with van der Waals surface area (Å²) >= 11 is 5.81. The second-order valence-corrected chi connectivity index (χ2v) is 5.75. The molecule has 0 aliphatic carbocycles. The van der Waals surface area contributed by atoms with Gasteiger partial charge in [0.1, 0.15) is 0 Å². The summed E-state index contributed by atoms with van der Waals surface area (Å²) in [5.74, 6) is -2.73. The number of likely N-dealkylation sites (N-methyl/N-ethyl adjacent to an activating group) is 1. The molecule has 0 heterocycles. The Balaban J connectivity index is 2.12. The van der Waals surface area contributed by atoms with Crippen molar-refractivity contribution in [3.63, 3.8) is 0 Å². The number of hydrogen-bond acceptors (Lipinski definition) is 2. The van der Waals surface area contributed by atoms with Crippen molar-refractivity contribution >= 4 is 17.5 Å². The number of nitrogens with zero attached hydrogens (tertiary/aromatic N) is 1. The first-order valence-electron chi connectivity index (χ1n) is 7.04. The van der Waals surface area contributed by atoms with Crippen LogP contribution in [0.2, 0.25) is 5.02 Å². The van der Waals surface area contributed by atoms with Crippen molar-refractivity contribution in [1.29, 1.82) is 0 Å². The first-order valence-corrected chi connectivity index (χ1v) is 7.42. The fraction of sp³-hybridized carbons (Fsp3) is 0.235. The zero-order chi connectivity index (χ0) is 17.0. The van der Waals surface area contributed by atoms with Crippen LogP contribution in [0.25, 0.3) is 0 Å². The Kier molecular flexibility index (Phi) is 5.69. The maximum Gasteiger partial charge on any atom is 0.252 e. The van der Waals surface area contributed by atoms with E-state index < -0.39 is 17.5 Å². The van der Waals surface area contributed by atoms with Gasteiger partial charge in [0.2, 0.25) is 0 Å². The SMILES string of the molecule is CN(C)[C@H](CNC(=O)c1cc(F)c(F)cc1Cl)c1ccccc1. The molecule has 2 aromatic rings. The van der Waals surface area contributed by atoms with Gasteiger partial charge in [-0.1, -0.05) is 41.9 Å². The van der Waals surface area contributed by atoms with Crippen LogP contribution in [0.15, 0.2) is 42.5 Å². The van der Waals surface area contributed by atoms with E-state index in [0.29, 0.717) is 6.54 Å². The summed E-state index contributed by atoms with van der Waals surface area (Å²) in [6, 6.07) is 11.2. The maximum atomic E-state index is 13.3. The van der Waals surface area contributed by atoms with Crippen LogP contribution in [0.3, 0.4) is 0 Å². The van der Waals surface area contributed by atoms with Gasteiger partial charge in [-0.05, 0) is 31.8 Å². The Morgan fingerprint density at radius 2 is 1.78 bits per heavy atom. The number of hydrogen-bond donors (Lipinski definition) is 1. The Morgan fingerprint density at radius 3 is 2.39 bits per heavy atom. The van der Waals surface area contributed by atoms with Crippen LogP contribution >= 0.6 is 11.6 Å². The first kappa shape index (κ1) is 17.4. The highest BCUT2D eigenvalue weighted by molar-refractivity contribution is 6.33. The van der Waals surface area contributed by atoms with Gasteiger partial charge in [0.05, 0.1) is 16.6 Å². The molecule has 1 atom stereocenters. The third-order valence-corrected chi connectivity index (χ3v) is 3.83. The van der Waals surface area contributed by atoms with Crippen molar-refractivity contribution in [2.45, 2.75) is 6.04 Å². The largest absolute Gasteiger partial charge is 0.350 e. The minimum atomic E-state index is -1.10. The van der Waals surface area contributed by atoms with Gasteiger partial charge in [-0.3, -0.25) is 4.79 Å². The van der Waals surface area contributed by atoms with E-state index in [2.05, 4.69) is 5.32 Å². The molecule has 0 saturated carbocycles. The van der Waals surface area contributed by atoms with Crippen molar-refractivity contribution in [2.75, 3.05) is 20.6 Å². The number of halogens is 3. The maximum absolute atomic E-state index is 13.3. The van der Waals surface area contributed by atoms with Gasteiger partial charge in [0, 0.05) is 6.54 Å². The van der Waals surface area contributed by atoms with E-state index in [0.717, 1.165) is 17.7 Å². The second-order valence-electron chi connectivity index (χ2n) is 5.35. The molecule has 1 N–H and O–H groups in total. The molecule has 2 rings (SSSR count). The van der Waals surface area contributed by atoms with E-state index in [1.807, 2.05) is 49.3 Å². The molecule has 0 unspecified atom stereocenters. The number of amides is 1. The van der Waals surface area contributed by atoms with Crippen LogP contribution in [0.5, 0.6) is 0 Å². The minimum Gasteiger partial charge on any atom is -0.350 e. The fourth-order valence-electron chi connectivity index (χ4n) is 2.25. The van der Waals surface area contributed by atoms with E-state index >= 15 is 0 Å². The molecule has 0 fully saturated rings. The molecular formula is C17H17ClF2N2O. The van der Waals surface area contributed by atoms with E-state index in [-0.39, 0.29) is 16.6 Å². The molecule has 3 nitrogen and oxygen atoms in total. The van der Waals surface area contributed by atoms with Crippen LogP contribution in [0.4, 0.5) is 8.78 Å². The highest BCUT2D eigenvalue weighted by Gasteiger charge is 2.18. The highest BCUT2D eigenvalue weighted by atomic mass is 35.5. The van der Waals surface area contributed by atoms with Crippen LogP contribution in [-0.2, 0) is 0 Å². The Labute approximate surface area is 138 Å². The van der Waals surface area contributed by atoms with Crippen LogP contribution in [0.1, 0.15) is 22.0 Å². The Bertz CT molecular complexity index is 692. The lowest BCUT2D eigenvalue weighted by molar-refractivity contribution is 0.0941. The lowest BCUT2D eigenvalue weighted by atomic mass is 10.1. The third kappa shape index (κ3) is 4.27. The van der Waals surface area contributed by atoms with Crippen molar-refractivity contribution in [3.05, 3.63) is 70.2 Å². The van der Waals surface area contributed by atoms with Crippen LogP contribution in [-0.4, -0.2) is 31.4 Å². The zero-order valence-corrected chi connectivity index (χ0v) is 13.6. The van der Waals surface area contributed by atoms with Gasteiger partial charge in [-0.15, -0.1) is 0 Å². The van der Waals surface area contributed by atoms with Gasteiger partial charge < -0.3 is 10.2 Å². The van der Waals surface area contributed by atoms with E-state index in [1.54, 1.807) is 0 Å². The molecular weight excluding hydrogens is 322 g/mol. The summed E-state index contributed by atoms with van der Waals surface area (Å²) in [6.07, 6.45) is 0. The van der Waals surface area contributed by atoms with Gasteiger partial charge in [0.25, 0.3) is 5.91 Å². The van der Waals surface area contributed by atoms with Crippen LogP contribution in [0, 0.1) is 11.6 Å². The van der Waals surface area contributed by atoms with Crippen molar-refractivity contribution in [3.8, 4) is 0 Å². The number of benzene rings is 2. The van der Waals surface area contributed by atoms with Gasteiger partial charge >= 0.3 is 0 Å². The summed E-state index contributed by atoms with van der Waals surface area (Å²) in [5.41, 5.74) is 0.949. The molecule has 6 heteroatoms. The summed E-state index contributed by atoms with van der Waals surface area (Å²) in [6.45, 7) is 0.311. The molecule has 0 aliphatic heterocycles. The molecule has 0 radical (unpaired) electrons. The number of nitrogens with one attached hydrogen (secondary N) is 1. The Morgan fingerprint density at radius 1 is 1.17 bits per heavy atom. The number of carbonyl (C=O) groups is 1. The molecule has 0 aromatic heterocycles. The smallest absolute Gasteiger partial charge is 0.252 e. The van der Waals surface area contributed by atoms with Crippen molar-refractivity contribution in [2.24, 2.45) is 0 Å². The highest BCUT2D eigenvalue weighted by Crippen LogP contribution is 2.21. The van der Waals surface area contributed by atoms with E-state index in [4.69, 9.17) is 11.6 Å². The molecule has 122 valence electrons. The van der Waals surface area contributed by atoms with Crippen LogP contribution < -0.4 is 5.32 Å². The van der Waals surface area contributed by atoms with E-state index in [1.165, 1.54) is 0 Å². The standard InChI is InChI=1S/C17H17ClF2N2O/c1-22(2)16(11-6-4-3-5-7-11)10-21-17(23)12-8-14(19)15(20)9-13(12)18/h3-9,16H,10H2,1-2H3,(H,21,23)/t16-/m1/s1. The molecule has 23 heavy (non-hydrogen) atoms. The number of carbonyl (C=O) groups excluding carboxylic acids is 1. The Hall–Kier alpha value is -1.98. The van der Waals surface area contributed by atoms with Gasteiger partial charge in [-0.25, -0.2) is 8.78 Å². The lowest BCUT2D eigenvalue weighted by Crippen LogP contribution is -2.34. The van der Waals surface area contributed by atoms with Crippen molar-refractivity contribution in [1.82, 2.24) is 10.2 Å². The quantitative estimate of drug-likeness (QED) is 0.844. The first-order chi connectivity index (χ1) is 10.9. The summed E-state index contributed by atoms with van der Waals surface area (Å²) < 4.78 is 26.4. The summed E-state index contributed by atoms with van der Waals surface area (Å²) in [7, 11) is 3.79. The molecule has 0 spiro atoms. The molecule has 0 bridgehead atoms. The molecule has 0 aliphatic rings. The zero-order valence-electron chi connectivity index (χ0n) is 12.8. The topological polar surface area (TPSA) is 32.3 Å². The average Bonchev–Trinajstić information content (AvgIpc) is 2.51. The predicted octanol–water partition coefficient (Wildman–Crippen LogP) is 3.65. The van der Waals surface area contributed by atoms with E-state index in [9.17, 15) is 13.6 Å². The second kappa shape index (κ2) is 7.53. The molecule has 1 amide bonds. The third-order valence-electron chi connectivity index (χ3n) is 3.52. The monoisotopic (exact) mass is 338 g/mol. The summed E-state index contributed by atoms with van der Waals surface area (Å²) in [4.78, 5) is 14.1. The lowest BCUT2D eigenvalue weighted by Gasteiger charge is -2.25. The normalized spacial score (nSPS) is 12.3. The van der Waals surface area contributed by atoms with Gasteiger partial charge in [0.15, 0.2) is 11.6 Å².